The number of aryl methyl sites for hydroxylation is 1. The number of alkyl halides is 3. The van der Waals surface area contributed by atoms with Crippen molar-refractivity contribution < 1.29 is 40.3 Å². The van der Waals surface area contributed by atoms with Crippen LogP contribution in [0, 0.1) is 11.6 Å². The van der Waals surface area contributed by atoms with Crippen LogP contribution in [0.5, 0.6) is 0 Å². The minimum absolute atomic E-state index is 0.0442. The van der Waals surface area contributed by atoms with Crippen LogP contribution in [0.1, 0.15) is 67.7 Å². The molecule has 0 bridgehead atoms. The van der Waals surface area contributed by atoms with Gasteiger partial charge in [0.2, 0.25) is 15.9 Å². The normalized spacial score (nSPS) is 14.1. The molecule has 0 heterocycles. The summed E-state index contributed by atoms with van der Waals surface area (Å²) in [5.74, 6) is -2.65. The van der Waals surface area contributed by atoms with Crippen LogP contribution in [0.4, 0.5) is 22.0 Å². The van der Waals surface area contributed by atoms with E-state index in [1.54, 1.807) is 6.08 Å². The third-order valence-electron chi connectivity index (χ3n) is 7.80. The van der Waals surface area contributed by atoms with Gasteiger partial charge in [-0.3, -0.25) is 4.79 Å². The number of sulfonamides is 1. The van der Waals surface area contributed by atoms with Gasteiger partial charge < -0.3 is 15.7 Å². The molecule has 1 amide bonds. The van der Waals surface area contributed by atoms with Crippen molar-refractivity contribution in [2.45, 2.75) is 89.2 Å². The molecule has 13 heteroatoms. The Morgan fingerprint density at radius 1 is 1.02 bits per heavy atom. The van der Waals surface area contributed by atoms with E-state index in [-0.39, 0.29) is 37.2 Å². The quantitative estimate of drug-likeness (QED) is 0.0842. The fourth-order valence-corrected chi connectivity index (χ4v) is 6.57. The van der Waals surface area contributed by atoms with Gasteiger partial charge in [-0.15, -0.1) is 13.2 Å². The van der Waals surface area contributed by atoms with E-state index in [2.05, 4.69) is 23.8 Å². The summed E-state index contributed by atoms with van der Waals surface area (Å²) >= 11 is 0. The summed E-state index contributed by atoms with van der Waals surface area (Å²) in [6, 6.07) is 3.89. The van der Waals surface area contributed by atoms with Gasteiger partial charge >= 0.3 is 6.18 Å². The molecule has 262 valence electrons. The summed E-state index contributed by atoms with van der Waals surface area (Å²) in [5, 5.41) is 16.8. The van der Waals surface area contributed by atoms with Crippen LogP contribution in [0.15, 0.2) is 61.7 Å². The SMILES string of the molecule is C=CCCCc1ccc(C(F)(F)F)cc1CNC[C@@H](O)[C@H](Cc1cc(F)cc(F)c1)NC(=O)[C@H](CC=C)N(C)S(=O)(=O)CCCCC. The summed E-state index contributed by atoms with van der Waals surface area (Å²) < 4.78 is 95.3. The molecular formula is C34H46F5N3O4S. The number of hydrogen-bond donors (Lipinski definition) is 3. The molecule has 7 nitrogen and oxygen atoms in total. The number of allylic oxidation sites excluding steroid dienone is 1. The summed E-state index contributed by atoms with van der Waals surface area (Å²) in [4.78, 5) is 13.5. The summed E-state index contributed by atoms with van der Waals surface area (Å²) in [6.45, 7) is 8.96. The zero-order valence-electron chi connectivity index (χ0n) is 27.0. The predicted molar refractivity (Wildman–Crippen MR) is 174 cm³/mol. The van der Waals surface area contributed by atoms with Gasteiger partial charge in [-0.25, -0.2) is 17.2 Å². The second-order valence-corrected chi connectivity index (χ2v) is 13.7. The first-order valence-corrected chi connectivity index (χ1v) is 17.2. The highest BCUT2D eigenvalue weighted by molar-refractivity contribution is 7.89. The third-order valence-corrected chi connectivity index (χ3v) is 9.74. The van der Waals surface area contributed by atoms with Crippen LogP contribution in [-0.2, 0) is 40.4 Å². The lowest BCUT2D eigenvalue weighted by Crippen LogP contribution is -2.55. The van der Waals surface area contributed by atoms with E-state index in [4.69, 9.17) is 0 Å². The van der Waals surface area contributed by atoms with Gasteiger partial charge in [0.05, 0.1) is 23.5 Å². The first-order chi connectivity index (χ1) is 22.1. The number of unbranched alkanes of at least 4 members (excludes halogenated alkanes) is 3. The fraction of sp³-hybridized carbons (Fsp3) is 0.500. The summed E-state index contributed by atoms with van der Waals surface area (Å²) in [5.41, 5.74) is 0.375. The molecule has 0 aliphatic heterocycles. The fourth-order valence-electron chi connectivity index (χ4n) is 5.14. The molecule has 0 saturated carbocycles. The first-order valence-electron chi connectivity index (χ1n) is 15.6. The van der Waals surface area contributed by atoms with Crippen LogP contribution >= 0.6 is 0 Å². The number of aliphatic hydroxyl groups is 1. The summed E-state index contributed by atoms with van der Waals surface area (Å²) in [7, 11) is -2.55. The van der Waals surface area contributed by atoms with E-state index < -0.39 is 57.5 Å². The maximum absolute atomic E-state index is 14.0. The van der Waals surface area contributed by atoms with E-state index in [1.807, 2.05) is 6.92 Å². The van der Waals surface area contributed by atoms with Crippen molar-refractivity contribution in [2.24, 2.45) is 0 Å². The lowest BCUT2D eigenvalue weighted by molar-refractivity contribution is -0.137. The molecule has 47 heavy (non-hydrogen) atoms. The summed E-state index contributed by atoms with van der Waals surface area (Å²) in [6.07, 6.45) is 0.644. The van der Waals surface area contributed by atoms with E-state index in [1.165, 1.54) is 19.2 Å². The first kappa shape index (κ1) is 40.0. The smallest absolute Gasteiger partial charge is 0.390 e. The molecule has 0 radical (unpaired) electrons. The van der Waals surface area contributed by atoms with Crippen molar-refractivity contribution in [3.05, 3.63) is 95.6 Å². The topological polar surface area (TPSA) is 98.7 Å². The molecule has 0 spiro atoms. The van der Waals surface area contributed by atoms with E-state index in [9.17, 15) is 40.3 Å². The number of carbonyl (C=O) groups is 1. The number of likely N-dealkylation sites (N-methyl/N-ethyl adjacent to an activating group) is 1. The minimum atomic E-state index is -4.55. The highest BCUT2D eigenvalue weighted by Gasteiger charge is 2.34. The number of aliphatic hydroxyl groups excluding tert-OH is 1. The Morgan fingerprint density at radius 2 is 1.70 bits per heavy atom. The van der Waals surface area contributed by atoms with Gasteiger partial charge in [0.15, 0.2) is 0 Å². The lowest BCUT2D eigenvalue weighted by atomic mass is 9.98. The number of rotatable bonds is 21. The molecule has 0 aliphatic carbocycles. The third kappa shape index (κ3) is 13.1. The molecule has 2 aromatic rings. The van der Waals surface area contributed by atoms with Gasteiger partial charge in [-0.1, -0.05) is 38.0 Å². The lowest BCUT2D eigenvalue weighted by Gasteiger charge is -2.30. The molecular weight excluding hydrogens is 641 g/mol. The molecule has 0 aromatic heterocycles. The largest absolute Gasteiger partial charge is 0.416 e. The number of nitrogens with one attached hydrogen (secondary N) is 2. The van der Waals surface area contributed by atoms with E-state index in [0.29, 0.717) is 49.3 Å². The second kappa shape index (κ2) is 19.0. The monoisotopic (exact) mass is 687 g/mol. The van der Waals surface area contributed by atoms with Crippen LogP contribution in [-0.4, -0.2) is 61.3 Å². The van der Waals surface area contributed by atoms with Gasteiger partial charge in [0.1, 0.15) is 17.7 Å². The van der Waals surface area contributed by atoms with Gasteiger partial charge in [0, 0.05) is 26.2 Å². The highest BCUT2D eigenvalue weighted by Crippen LogP contribution is 2.31. The molecule has 0 aliphatic rings. The molecule has 0 saturated heterocycles. The maximum atomic E-state index is 14.0. The molecule has 3 N–H and O–H groups in total. The molecule has 3 atom stereocenters. The number of halogens is 5. The number of benzene rings is 2. The Morgan fingerprint density at radius 3 is 2.30 bits per heavy atom. The molecule has 2 rings (SSSR count). The van der Waals surface area contributed by atoms with Crippen molar-refractivity contribution in [3.8, 4) is 0 Å². The van der Waals surface area contributed by atoms with Crippen LogP contribution < -0.4 is 10.6 Å². The Hall–Kier alpha value is -3.13. The van der Waals surface area contributed by atoms with Gasteiger partial charge in [0.25, 0.3) is 0 Å². The number of hydrogen-bond acceptors (Lipinski definition) is 5. The van der Waals surface area contributed by atoms with Crippen molar-refractivity contribution in [3.63, 3.8) is 0 Å². The standard InChI is InChI=1S/C34H46F5N3O4S/c1-5-8-10-13-25-14-15-27(34(37,38)39)20-26(25)22-40-23-32(43)30(19-24-17-28(35)21-29(36)18-24)41-33(44)31(12-7-3)42(4)47(45,46)16-11-9-6-2/h5,7,14-15,17-18,20-21,30-32,40,43H,1,3,6,8-13,16,19,22-23H2,2,4H3,(H,41,44)/t30-,31-,32+/m0/s1. The zero-order valence-corrected chi connectivity index (χ0v) is 27.8. The number of nitrogens with zero attached hydrogens (tertiary/aromatic N) is 1. The molecule has 0 fully saturated rings. The second-order valence-electron chi connectivity index (χ2n) is 11.5. The van der Waals surface area contributed by atoms with E-state index >= 15 is 0 Å². The Bertz CT molecular complexity index is 1420. The Kier molecular flexibility index (Phi) is 16.2. The van der Waals surface area contributed by atoms with Crippen molar-refractivity contribution in [1.82, 2.24) is 14.9 Å². The number of carbonyl (C=O) groups excluding carboxylic acids is 1. The van der Waals surface area contributed by atoms with Crippen LogP contribution in [0.2, 0.25) is 0 Å². The van der Waals surface area contributed by atoms with Crippen molar-refractivity contribution >= 4 is 15.9 Å². The van der Waals surface area contributed by atoms with Gasteiger partial charge in [-0.05, 0) is 79.5 Å². The van der Waals surface area contributed by atoms with Crippen molar-refractivity contribution in [1.29, 1.82) is 0 Å². The average molecular weight is 688 g/mol. The van der Waals surface area contributed by atoms with Crippen LogP contribution in [0.3, 0.4) is 0 Å². The number of amides is 1. The average Bonchev–Trinajstić information content (AvgIpc) is 2.98. The van der Waals surface area contributed by atoms with Gasteiger partial charge in [-0.2, -0.15) is 17.5 Å². The Balaban J connectivity index is 2.31. The van der Waals surface area contributed by atoms with E-state index in [0.717, 1.165) is 35.0 Å². The zero-order chi connectivity index (χ0) is 35.2. The van der Waals surface area contributed by atoms with Crippen LogP contribution in [0.25, 0.3) is 0 Å². The minimum Gasteiger partial charge on any atom is -0.390 e. The highest BCUT2D eigenvalue weighted by atomic mass is 32.2. The molecule has 2 aromatic carbocycles. The Labute approximate surface area is 275 Å². The predicted octanol–water partition coefficient (Wildman–Crippen LogP) is 6.07. The molecule has 0 unspecified atom stereocenters. The maximum Gasteiger partial charge on any atom is 0.416 e. The van der Waals surface area contributed by atoms with Crippen molar-refractivity contribution in [2.75, 3.05) is 19.3 Å².